The molecule has 7 heteroatoms. The first kappa shape index (κ1) is 16.6. The lowest BCUT2D eigenvalue weighted by atomic mass is 10.1. The average Bonchev–Trinajstić information content (AvgIpc) is 2.73. The number of rotatable bonds is 3. The van der Waals surface area contributed by atoms with Gasteiger partial charge in [0.15, 0.2) is 5.96 Å². The highest BCUT2D eigenvalue weighted by atomic mass is 19.4. The number of pyridine rings is 1. The molecule has 3 N–H and O–H groups in total. The summed E-state index contributed by atoms with van der Waals surface area (Å²) in [6, 6.07) is 2.83. The lowest BCUT2D eigenvalue weighted by Crippen LogP contribution is -2.39. The molecule has 0 atom stereocenters. The van der Waals surface area contributed by atoms with Gasteiger partial charge >= 0.3 is 6.18 Å². The maximum Gasteiger partial charge on any atom is 0.433 e. The number of hydrogen-bond donors (Lipinski definition) is 2. The normalized spacial score (nSPS) is 18.0. The molecular formula is C15H21F3N4. The molecule has 22 heavy (non-hydrogen) atoms. The Hall–Kier alpha value is -1.79. The second kappa shape index (κ2) is 7.47. The molecule has 0 amide bonds. The van der Waals surface area contributed by atoms with Crippen LogP contribution in [0.5, 0.6) is 0 Å². The summed E-state index contributed by atoms with van der Waals surface area (Å²) in [7, 11) is 0. The quantitative estimate of drug-likeness (QED) is 0.511. The van der Waals surface area contributed by atoms with E-state index in [2.05, 4.69) is 15.3 Å². The van der Waals surface area contributed by atoms with Gasteiger partial charge in [-0.15, -0.1) is 0 Å². The van der Waals surface area contributed by atoms with Gasteiger partial charge in [0.25, 0.3) is 0 Å². The fourth-order valence-electron chi connectivity index (χ4n) is 2.58. The van der Waals surface area contributed by atoms with Crippen molar-refractivity contribution in [1.82, 2.24) is 10.3 Å². The molecule has 0 saturated heterocycles. The van der Waals surface area contributed by atoms with Crippen molar-refractivity contribution in [2.75, 3.05) is 0 Å². The highest BCUT2D eigenvalue weighted by Crippen LogP contribution is 2.27. The van der Waals surface area contributed by atoms with Gasteiger partial charge in [-0.05, 0) is 30.5 Å². The Labute approximate surface area is 128 Å². The molecule has 0 spiro atoms. The van der Waals surface area contributed by atoms with Gasteiger partial charge in [-0.1, -0.05) is 25.7 Å². The van der Waals surface area contributed by atoms with E-state index in [1.807, 2.05) is 0 Å². The van der Waals surface area contributed by atoms with Gasteiger partial charge in [0.1, 0.15) is 5.69 Å². The average molecular weight is 314 g/mol. The number of hydrogen-bond acceptors (Lipinski definition) is 2. The molecule has 1 saturated carbocycles. The zero-order valence-corrected chi connectivity index (χ0v) is 12.4. The van der Waals surface area contributed by atoms with Gasteiger partial charge in [-0.25, -0.2) is 4.99 Å². The van der Waals surface area contributed by atoms with Crippen molar-refractivity contribution in [2.24, 2.45) is 10.7 Å². The molecular weight excluding hydrogens is 293 g/mol. The monoisotopic (exact) mass is 314 g/mol. The van der Waals surface area contributed by atoms with Crippen molar-refractivity contribution < 1.29 is 13.2 Å². The molecule has 0 aliphatic heterocycles. The summed E-state index contributed by atoms with van der Waals surface area (Å²) < 4.78 is 37.7. The molecule has 1 aromatic heterocycles. The van der Waals surface area contributed by atoms with Crippen LogP contribution in [0.15, 0.2) is 23.3 Å². The van der Waals surface area contributed by atoms with E-state index >= 15 is 0 Å². The number of aliphatic imine (C=N–C) groups is 1. The van der Waals surface area contributed by atoms with Crippen LogP contribution in [0.2, 0.25) is 0 Å². The largest absolute Gasteiger partial charge is 0.433 e. The summed E-state index contributed by atoms with van der Waals surface area (Å²) in [4.78, 5) is 7.45. The maximum absolute atomic E-state index is 12.6. The third kappa shape index (κ3) is 5.20. The molecule has 122 valence electrons. The summed E-state index contributed by atoms with van der Waals surface area (Å²) in [5, 5.41) is 3.16. The molecule has 1 aromatic rings. The van der Waals surface area contributed by atoms with Gasteiger partial charge in [0.05, 0.1) is 6.54 Å². The molecule has 0 unspecified atom stereocenters. The SMILES string of the molecule is NC(=NCc1ccnc(C(F)(F)F)c1)NC1CCCCCC1. The van der Waals surface area contributed by atoms with Gasteiger partial charge < -0.3 is 11.1 Å². The van der Waals surface area contributed by atoms with Crippen LogP contribution in [0.1, 0.15) is 49.8 Å². The second-order valence-electron chi connectivity index (χ2n) is 5.58. The Morgan fingerprint density at radius 3 is 2.59 bits per heavy atom. The first-order valence-electron chi connectivity index (χ1n) is 7.54. The first-order valence-corrected chi connectivity index (χ1v) is 7.54. The van der Waals surface area contributed by atoms with E-state index in [1.54, 1.807) is 0 Å². The van der Waals surface area contributed by atoms with Crippen molar-refractivity contribution in [3.05, 3.63) is 29.6 Å². The third-order valence-corrected chi connectivity index (χ3v) is 3.75. The van der Waals surface area contributed by atoms with Crippen molar-refractivity contribution in [3.8, 4) is 0 Å². The van der Waals surface area contributed by atoms with Gasteiger partial charge in [-0.3, -0.25) is 4.98 Å². The Kier molecular flexibility index (Phi) is 5.63. The Morgan fingerprint density at radius 1 is 1.27 bits per heavy atom. The lowest BCUT2D eigenvalue weighted by Gasteiger charge is -2.16. The number of nitrogens with two attached hydrogens (primary N) is 1. The molecule has 1 fully saturated rings. The van der Waals surface area contributed by atoms with Crippen LogP contribution in [-0.2, 0) is 12.7 Å². The minimum Gasteiger partial charge on any atom is -0.370 e. The fraction of sp³-hybridized carbons (Fsp3) is 0.600. The van der Waals surface area contributed by atoms with Crippen molar-refractivity contribution in [3.63, 3.8) is 0 Å². The molecule has 0 aromatic carbocycles. The summed E-state index contributed by atoms with van der Waals surface area (Å²) in [6.45, 7) is 0.108. The maximum atomic E-state index is 12.6. The summed E-state index contributed by atoms with van der Waals surface area (Å²) >= 11 is 0. The summed E-state index contributed by atoms with van der Waals surface area (Å²) in [5.74, 6) is 0.289. The molecule has 2 rings (SSSR count). The van der Waals surface area contributed by atoms with Crippen LogP contribution < -0.4 is 11.1 Å². The highest BCUT2D eigenvalue weighted by molar-refractivity contribution is 5.78. The van der Waals surface area contributed by atoms with Crippen LogP contribution in [0.25, 0.3) is 0 Å². The Morgan fingerprint density at radius 2 is 1.95 bits per heavy atom. The van der Waals surface area contributed by atoms with E-state index in [4.69, 9.17) is 5.73 Å². The third-order valence-electron chi connectivity index (χ3n) is 3.75. The fourth-order valence-corrected chi connectivity index (χ4v) is 2.58. The first-order chi connectivity index (χ1) is 10.4. The van der Waals surface area contributed by atoms with Crippen LogP contribution in [0, 0.1) is 0 Å². The number of halogens is 3. The van der Waals surface area contributed by atoms with Gasteiger partial charge in [0, 0.05) is 12.2 Å². The van der Waals surface area contributed by atoms with Crippen molar-refractivity contribution in [2.45, 2.75) is 57.3 Å². The Bertz CT molecular complexity index is 506. The number of guanidine groups is 1. The van der Waals surface area contributed by atoms with E-state index in [0.717, 1.165) is 25.1 Å². The van der Waals surface area contributed by atoms with Crippen molar-refractivity contribution >= 4 is 5.96 Å². The minimum atomic E-state index is -4.44. The number of nitrogens with one attached hydrogen (secondary N) is 1. The lowest BCUT2D eigenvalue weighted by molar-refractivity contribution is -0.141. The van der Waals surface area contributed by atoms with Crippen LogP contribution >= 0.6 is 0 Å². The van der Waals surface area contributed by atoms with Crippen molar-refractivity contribution in [1.29, 1.82) is 0 Å². The molecule has 0 bridgehead atoms. The van der Waals surface area contributed by atoms with Gasteiger partial charge in [-0.2, -0.15) is 13.2 Å². The number of nitrogens with zero attached hydrogens (tertiary/aromatic N) is 2. The summed E-state index contributed by atoms with van der Waals surface area (Å²) in [5.41, 5.74) is 5.36. The molecule has 4 nitrogen and oxygen atoms in total. The molecule has 0 radical (unpaired) electrons. The summed E-state index contributed by atoms with van der Waals surface area (Å²) in [6.07, 6.45) is 3.65. The van der Waals surface area contributed by atoms with Crippen LogP contribution in [-0.4, -0.2) is 17.0 Å². The van der Waals surface area contributed by atoms with E-state index in [1.165, 1.54) is 31.7 Å². The zero-order valence-electron chi connectivity index (χ0n) is 12.4. The highest BCUT2D eigenvalue weighted by Gasteiger charge is 2.32. The number of aromatic nitrogens is 1. The molecule has 1 aliphatic rings. The minimum absolute atomic E-state index is 0.108. The predicted molar refractivity (Wildman–Crippen MR) is 79.2 cm³/mol. The van der Waals surface area contributed by atoms with E-state index in [9.17, 15) is 13.2 Å². The second-order valence-corrected chi connectivity index (χ2v) is 5.58. The smallest absolute Gasteiger partial charge is 0.370 e. The number of alkyl halides is 3. The topological polar surface area (TPSA) is 63.3 Å². The molecule has 1 aliphatic carbocycles. The van der Waals surface area contributed by atoms with Gasteiger partial charge in [0.2, 0.25) is 0 Å². The zero-order chi connectivity index (χ0) is 16.0. The standard InChI is InChI=1S/C15H21F3N4/c16-15(17,18)13-9-11(7-8-20-13)10-21-14(19)22-12-5-3-1-2-4-6-12/h7-9,12H,1-6,10H2,(H3,19,21,22). The molecule has 1 heterocycles. The predicted octanol–water partition coefficient (Wildman–Crippen LogP) is 3.23. The van der Waals surface area contributed by atoms with Crippen LogP contribution in [0.3, 0.4) is 0 Å². The van der Waals surface area contributed by atoms with E-state index in [0.29, 0.717) is 11.6 Å². The Balaban J connectivity index is 1.92. The van der Waals surface area contributed by atoms with E-state index < -0.39 is 11.9 Å². The van der Waals surface area contributed by atoms with E-state index in [-0.39, 0.29) is 12.5 Å². The van der Waals surface area contributed by atoms with Crippen LogP contribution in [0.4, 0.5) is 13.2 Å².